The van der Waals surface area contributed by atoms with Gasteiger partial charge in [0.25, 0.3) is 0 Å². The summed E-state index contributed by atoms with van der Waals surface area (Å²) in [6, 6.07) is 1.85. The highest BCUT2D eigenvalue weighted by Gasteiger charge is 2.24. The van der Waals surface area contributed by atoms with E-state index in [0.717, 1.165) is 10.6 Å². The molecule has 1 saturated carbocycles. The van der Waals surface area contributed by atoms with E-state index in [1.807, 2.05) is 12.3 Å². The van der Waals surface area contributed by atoms with E-state index in [4.69, 9.17) is 9.47 Å². The SMILES string of the molecule is COc1cc(OC2CC2)c(SC)cn1. The Kier molecular flexibility index (Phi) is 2.82. The Morgan fingerprint density at radius 3 is 2.86 bits per heavy atom. The highest BCUT2D eigenvalue weighted by atomic mass is 32.2. The van der Waals surface area contributed by atoms with E-state index < -0.39 is 0 Å². The molecule has 0 amide bonds. The van der Waals surface area contributed by atoms with Gasteiger partial charge in [-0.15, -0.1) is 11.8 Å². The molecular weight excluding hydrogens is 198 g/mol. The third-order valence-corrected chi connectivity index (χ3v) is 2.80. The van der Waals surface area contributed by atoms with Crippen LogP contribution >= 0.6 is 11.8 Å². The van der Waals surface area contributed by atoms with Gasteiger partial charge in [0.05, 0.1) is 18.1 Å². The van der Waals surface area contributed by atoms with Gasteiger partial charge in [0.15, 0.2) is 0 Å². The first-order valence-electron chi connectivity index (χ1n) is 4.58. The van der Waals surface area contributed by atoms with Gasteiger partial charge in [-0.2, -0.15) is 0 Å². The molecule has 0 N–H and O–H groups in total. The lowest BCUT2D eigenvalue weighted by atomic mass is 10.4. The third kappa shape index (κ3) is 2.12. The quantitative estimate of drug-likeness (QED) is 0.715. The van der Waals surface area contributed by atoms with Crippen LogP contribution in [0.3, 0.4) is 0 Å². The molecule has 1 aliphatic rings. The molecule has 1 aliphatic carbocycles. The topological polar surface area (TPSA) is 31.4 Å². The Morgan fingerprint density at radius 1 is 1.50 bits per heavy atom. The van der Waals surface area contributed by atoms with Gasteiger partial charge in [-0.1, -0.05) is 0 Å². The minimum atomic E-state index is 0.410. The standard InChI is InChI=1S/C10H13NO2S/c1-12-10-5-8(13-7-3-4-7)9(14-2)6-11-10/h5-7H,3-4H2,1-2H3. The third-order valence-electron chi connectivity index (χ3n) is 2.05. The summed E-state index contributed by atoms with van der Waals surface area (Å²) in [6.45, 7) is 0. The lowest BCUT2D eigenvalue weighted by molar-refractivity contribution is 0.292. The summed E-state index contributed by atoms with van der Waals surface area (Å²) in [7, 11) is 1.61. The predicted molar refractivity (Wildman–Crippen MR) is 56.2 cm³/mol. The van der Waals surface area contributed by atoms with Crippen molar-refractivity contribution in [3.63, 3.8) is 0 Å². The average Bonchev–Trinajstić information content (AvgIpc) is 3.01. The largest absolute Gasteiger partial charge is 0.489 e. The van der Waals surface area contributed by atoms with Gasteiger partial charge < -0.3 is 9.47 Å². The van der Waals surface area contributed by atoms with E-state index >= 15 is 0 Å². The number of aromatic nitrogens is 1. The summed E-state index contributed by atoms with van der Waals surface area (Å²) in [5.74, 6) is 1.50. The number of rotatable bonds is 4. The van der Waals surface area contributed by atoms with Gasteiger partial charge >= 0.3 is 0 Å². The maximum absolute atomic E-state index is 5.75. The number of ether oxygens (including phenoxy) is 2. The second kappa shape index (κ2) is 4.09. The second-order valence-corrected chi connectivity index (χ2v) is 4.04. The van der Waals surface area contributed by atoms with Crippen molar-refractivity contribution in [1.82, 2.24) is 4.98 Å². The molecule has 0 unspecified atom stereocenters. The van der Waals surface area contributed by atoms with E-state index in [2.05, 4.69) is 4.98 Å². The van der Waals surface area contributed by atoms with Crippen LogP contribution in [0.1, 0.15) is 12.8 Å². The summed E-state index contributed by atoms with van der Waals surface area (Å²) in [4.78, 5) is 5.20. The van der Waals surface area contributed by atoms with Crippen LogP contribution < -0.4 is 9.47 Å². The highest BCUT2D eigenvalue weighted by Crippen LogP contribution is 2.34. The fraction of sp³-hybridized carbons (Fsp3) is 0.500. The normalized spacial score (nSPS) is 15.3. The average molecular weight is 211 g/mol. The molecule has 1 fully saturated rings. The van der Waals surface area contributed by atoms with Crippen LogP contribution in [-0.2, 0) is 0 Å². The van der Waals surface area contributed by atoms with Crippen LogP contribution in [-0.4, -0.2) is 24.5 Å². The van der Waals surface area contributed by atoms with Crippen LogP contribution in [0.15, 0.2) is 17.2 Å². The minimum Gasteiger partial charge on any atom is -0.489 e. The lowest BCUT2D eigenvalue weighted by Gasteiger charge is -2.09. The summed E-state index contributed by atoms with van der Waals surface area (Å²) < 4.78 is 10.8. The Morgan fingerprint density at radius 2 is 2.29 bits per heavy atom. The summed E-state index contributed by atoms with van der Waals surface area (Å²) in [5, 5.41) is 0. The van der Waals surface area contributed by atoms with Crippen molar-refractivity contribution >= 4 is 11.8 Å². The van der Waals surface area contributed by atoms with Crippen molar-refractivity contribution in [2.45, 2.75) is 23.8 Å². The van der Waals surface area contributed by atoms with E-state index in [-0.39, 0.29) is 0 Å². The molecule has 1 aromatic rings. The van der Waals surface area contributed by atoms with Crippen molar-refractivity contribution < 1.29 is 9.47 Å². The monoisotopic (exact) mass is 211 g/mol. The zero-order chi connectivity index (χ0) is 9.97. The first kappa shape index (κ1) is 9.65. The minimum absolute atomic E-state index is 0.410. The van der Waals surface area contributed by atoms with Gasteiger partial charge in [-0.25, -0.2) is 4.98 Å². The molecule has 1 heterocycles. The van der Waals surface area contributed by atoms with Gasteiger partial charge in [0, 0.05) is 12.3 Å². The van der Waals surface area contributed by atoms with Gasteiger partial charge in [-0.05, 0) is 19.1 Å². The number of pyridine rings is 1. The van der Waals surface area contributed by atoms with Gasteiger partial charge in [-0.3, -0.25) is 0 Å². The van der Waals surface area contributed by atoms with Gasteiger partial charge in [0.2, 0.25) is 5.88 Å². The molecule has 14 heavy (non-hydrogen) atoms. The van der Waals surface area contributed by atoms with Crippen molar-refractivity contribution in [1.29, 1.82) is 0 Å². The Bertz CT molecular complexity index is 326. The number of hydrogen-bond acceptors (Lipinski definition) is 4. The predicted octanol–water partition coefficient (Wildman–Crippen LogP) is 2.35. The van der Waals surface area contributed by atoms with Crippen molar-refractivity contribution in [3.05, 3.63) is 12.3 Å². The van der Waals surface area contributed by atoms with Crippen LogP contribution in [0.25, 0.3) is 0 Å². The number of nitrogens with zero attached hydrogens (tertiary/aromatic N) is 1. The van der Waals surface area contributed by atoms with E-state index in [1.165, 1.54) is 12.8 Å². The molecule has 0 radical (unpaired) electrons. The molecule has 1 aromatic heterocycles. The van der Waals surface area contributed by atoms with Crippen LogP contribution in [0.5, 0.6) is 11.6 Å². The maximum Gasteiger partial charge on any atom is 0.216 e. The number of thioether (sulfide) groups is 1. The van der Waals surface area contributed by atoms with Crippen molar-refractivity contribution in [3.8, 4) is 11.6 Å². The molecule has 4 heteroatoms. The Hall–Kier alpha value is -0.900. The fourth-order valence-corrected chi connectivity index (χ4v) is 1.60. The molecule has 2 rings (SSSR count). The zero-order valence-electron chi connectivity index (χ0n) is 8.32. The zero-order valence-corrected chi connectivity index (χ0v) is 9.13. The van der Waals surface area contributed by atoms with E-state index in [1.54, 1.807) is 25.1 Å². The molecule has 0 spiro atoms. The molecule has 0 atom stereocenters. The maximum atomic E-state index is 5.75. The lowest BCUT2D eigenvalue weighted by Crippen LogP contribution is -1.98. The summed E-state index contributed by atoms with van der Waals surface area (Å²) in [6.07, 6.45) is 6.55. The van der Waals surface area contributed by atoms with Crippen molar-refractivity contribution in [2.24, 2.45) is 0 Å². The summed E-state index contributed by atoms with van der Waals surface area (Å²) in [5.41, 5.74) is 0. The highest BCUT2D eigenvalue weighted by molar-refractivity contribution is 7.98. The molecule has 3 nitrogen and oxygen atoms in total. The van der Waals surface area contributed by atoms with Crippen molar-refractivity contribution in [2.75, 3.05) is 13.4 Å². The van der Waals surface area contributed by atoms with E-state index in [0.29, 0.717) is 12.0 Å². The molecule has 0 aromatic carbocycles. The molecule has 0 aliphatic heterocycles. The Balaban J connectivity index is 2.21. The smallest absolute Gasteiger partial charge is 0.216 e. The van der Waals surface area contributed by atoms with Crippen LogP contribution in [0.4, 0.5) is 0 Å². The molecular formula is C10H13NO2S. The molecule has 0 bridgehead atoms. The summed E-state index contributed by atoms with van der Waals surface area (Å²) >= 11 is 1.64. The second-order valence-electron chi connectivity index (χ2n) is 3.19. The first-order chi connectivity index (χ1) is 6.83. The van der Waals surface area contributed by atoms with Crippen LogP contribution in [0, 0.1) is 0 Å². The molecule has 76 valence electrons. The number of methoxy groups -OCH3 is 1. The number of hydrogen-bond donors (Lipinski definition) is 0. The molecule has 0 saturated heterocycles. The fourth-order valence-electron chi connectivity index (χ4n) is 1.13. The van der Waals surface area contributed by atoms with Crippen LogP contribution in [0.2, 0.25) is 0 Å². The van der Waals surface area contributed by atoms with E-state index in [9.17, 15) is 0 Å². The van der Waals surface area contributed by atoms with Gasteiger partial charge in [0.1, 0.15) is 5.75 Å². The first-order valence-corrected chi connectivity index (χ1v) is 5.80. The Labute approximate surface area is 87.8 Å².